The Morgan fingerprint density at radius 2 is 1.97 bits per heavy atom. The van der Waals surface area contributed by atoms with Crippen molar-refractivity contribution in [3.63, 3.8) is 0 Å². The van der Waals surface area contributed by atoms with Crippen LogP contribution in [0.1, 0.15) is 37.7 Å². The molecule has 0 bridgehead atoms. The molecule has 7 heteroatoms. The molecule has 3 aromatic rings. The third-order valence-electron chi connectivity index (χ3n) is 5.25. The number of aromatic nitrogens is 2. The summed E-state index contributed by atoms with van der Waals surface area (Å²) in [6.45, 7) is 5.22. The van der Waals surface area contributed by atoms with E-state index < -0.39 is 5.97 Å². The van der Waals surface area contributed by atoms with Crippen LogP contribution in [0, 0.1) is 13.8 Å². The van der Waals surface area contributed by atoms with E-state index in [1.165, 1.54) is 10.4 Å². The van der Waals surface area contributed by atoms with Crippen molar-refractivity contribution in [3.05, 3.63) is 74.7 Å². The number of hydrogen-bond donors (Lipinski definition) is 0. The summed E-state index contributed by atoms with van der Waals surface area (Å²) in [4.78, 5) is 28.3. The number of amides is 1. The lowest BCUT2D eigenvalue weighted by Gasteiger charge is -2.26. The van der Waals surface area contributed by atoms with Crippen LogP contribution in [-0.4, -0.2) is 39.7 Å². The maximum atomic E-state index is 12.7. The minimum absolute atomic E-state index is 0.165. The van der Waals surface area contributed by atoms with Crippen molar-refractivity contribution in [2.45, 2.75) is 33.4 Å². The number of ether oxygens (including phenoxy) is 1. The Hall–Kier alpha value is -2.93. The molecule has 4 rings (SSSR count). The van der Waals surface area contributed by atoms with Gasteiger partial charge in [-0.25, -0.2) is 4.79 Å². The number of carbonyl (C=O) groups excluding carboxylic acids is 2. The van der Waals surface area contributed by atoms with Crippen molar-refractivity contribution >= 4 is 23.2 Å². The Morgan fingerprint density at radius 1 is 1.17 bits per heavy atom. The van der Waals surface area contributed by atoms with E-state index in [2.05, 4.69) is 16.5 Å². The summed E-state index contributed by atoms with van der Waals surface area (Å²) in [5, 5.41) is 6.54. The molecule has 0 aliphatic carbocycles. The number of benzene rings is 1. The van der Waals surface area contributed by atoms with Gasteiger partial charge in [0.15, 0.2) is 6.61 Å². The van der Waals surface area contributed by atoms with Crippen LogP contribution >= 0.6 is 11.3 Å². The van der Waals surface area contributed by atoms with Gasteiger partial charge in [-0.2, -0.15) is 5.10 Å². The van der Waals surface area contributed by atoms with Crippen molar-refractivity contribution in [3.8, 4) is 0 Å². The normalized spacial score (nSPS) is 13.2. The summed E-state index contributed by atoms with van der Waals surface area (Å²) in [6.07, 6.45) is 0.858. The second kappa shape index (κ2) is 8.21. The predicted octanol–water partition coefficient (Wildman–Crippen LogP) is 3.35. The van der Waals surface area contributed by atoms with Gasteiger partial charge in [-0.3, -0.25) is 9.48 Å². The van der Waals surface area contributed by atoms with E-state index in [4.69, 9.17) is 4.74 Å². The highest BCUT2D eigenvalue weighted by Crippen LogP contribution is 2.24. The van der Waals surface area contributed by atoms with Crippen molar-refractivity contribution in [1.82, 2.24) is 14.7 Å². The molecule has 1 amide bonds. The molecule has 0 saturated heterocycles. The van der Waals surface area contributed by atoms with Crippen molar-refractivity contribution in [1.29, 1.82) is 0 Å². The third-order valence-corrected chi connectivity index (χ3v) is 6.27. The van der Waals surface area contributed by atoms with E-state index in [0.29, 0.717) is 30.9 Å². The van der Waals surface area contributed by atoms with Gasteiger partial charge in [-0.05, 0) is 42.8 Å². The number of hydrogen-bond acceptors (Lipinski definition) is 5. The van der Waals surface area contributed by atoms with Crippen molar-refractivity contribution in [2.24, 2.45) is 0 Å². The summed E-state index contributed by atoms with van der Waals surface area (Å²) in [5.41, 5.74) is 4.08. The fourth-order valence-electron chi connectivity index (χ4n) is 3.65. The average molecular weight is 410 g/mol. The van der Waals surface area contributed by atoms with Crippen LogP contribution in [0.3, 0.4) is 0 Å². The van der Waals surface area contributed by atoms with E-state index in [9.17, 15) is 9.59 Å². The number of fused-ring (bicyclic) bond motifs is 1. The van der Waals surface area contributed by atoms with Crippen molar-refractivity contribution < 1.29 is 14.3 Å². The van der Waals surface area contributed by atoms with Gasteiger partial charge in [0, 0.05) is 18.0 Å². The summed E-state index contributed by atoms with van der Waals surface area (Å²) in [5.74, 6) is -0.664. The maximum Gasteiger partial charge on any atom is 0.342 e. The van der Waals surface area contributed by atoms with Crippen LogP contribution in [-0.2, 0) is 29.0 Å². The fourth-order valence-corrected chi connectivity index (χ4v) is 4.54. The van der Waals surface area contributed by atoms with Crippen LogP contribution in [0.4, 0.5) is 0 Å². The molecule has 6 nitrogen and oxygen atoms in total. The van der Waals surface area contributed by atoms with Gasteiger partial charge in [0.05, 0.1) is 17.9 Å². The highest BCUT2D eigenvalue weighted by Gasteiger charge is 2.25. The van der Waals surface area contributed by atoms with E-state index in [0.717, 1.165) is 17.7 Å². The monoisotopic (exact) mass is 409 g/mol. The van der Waals surface area contributed by atoms with Gasteiger partial charge in [0.2, 0.25) is 0 Å². The summed E-state index contributed by atoms with van der Waals surface area (Å²) >= 11 is 1.73. The zero-order valence-corrected chi connectivity index (χ0v) is 17.4. The molecule has 0 fully saturated rings. The van der Waals surface area contributed by atoms with E-state index in [1.807, 2.05) is 37.3 Å². The van der Waals surface area contributed by atoms with Crippen molar-refractivity contribution in [2.75, 3.05) is 13.2 Å². The zero-order valence-electron chi connectivity index (χ0n) is 16.6. The molecule has 0 spiro atoms. The smallest absolute Gasteiger partial charge is 0.342 e. The number of rotatable bonds is 5. The lowest BCUT2D eigenvalue weighted by molar-refractivity contribution is -0.135. The lowest BCUT2D eigenvalue weighted by Crippen LogP contribution is -2.38. The molecule has 0 unspecified atom stereocenters. The molecule has 1 aliphatic rings. The number of aryl methyl sites for hydroxylation is 1. The Bertz CT molecular complexity index is 1040. The fraction of sp³-hybridized carbons (Fsp3) is 0.318. The molecule has 1 aliphatic heterocycles. The maximum absolute atomic E-state index is 12.7. The number of esters is 1. The minimum Gasteiger partial charge on any atom is -0.452 e. The van der Waals surface area contributed by atoms with Gasteiger partial charge in [0.1, 0.15) is 5.56 Å². The summed E-state index contributed by atoms with van der Waals surface area (Å²) in [7, 11) is 0. The first-order valence-electron chi connectivity index (χ1n) is 9.61. The summed E-state index contributed by atoms with van der Waals surface area (Å²) < 4.78 is 7.15. The third kappa shape index (κ3) is 4.10. The molecule has 0 radical (unpaired) electrons. The second-order valence-corrected chi connectivity index (χ2v) is 8.20. The van der Waals surface area contributed by atoms with E-state index in [-0.39, 0.29) is 12.5 Å². The van der Waals surface area contributed by atoms with Crippen LogP contribution in [0.25, 0.3) is 0 Å². The van der Waals surface area contributed by atoms with Gasteiger partial charge in [-0.15, -0.1) is 11.3 Å². The predicted molar refractivity (Wildman–Crippen MR) is 111 cm³/mol. The Balaban J connectivity index is 1.39. The van der Waals surface area contributed by atoms with E-state index in [1.54, 1.807) is 27.8 Å². The largest absolute Gasteiger partial charge is 0.452 e. The number of nitrogens with zero attached hydrogens (tertiary/aromatic N) is 3. The molecular formula is C22H23N3O3S. The number of thiophene rings is 1. The molecule has 0 atom stereocenters. The highest BCUT2D eigenvalue weighted by atomic mass is 32.1. The second-order valence-electron chi connectivity index (χ2n) is 7.20. The van der Waals surface area contributed by atoms with Gasteiger partial charge in [-0.1, -0.05) is 30.3 Å². The quantitative estimate of drug-likeness (QED) is 0.606. The molecule has 29 heavy (non-hydrogen) atoms. The Labute approximate surface area is 173 Å². The molecule has 1 aromatic carbocycles. The topological polar surface area (TPSA) is 64.4 Å². The van der Waals surface area contributed by atoms with Crippen LogP contribution in [0.5, 0.6) is 0 Å². The molecule has 0 N–H and O–H groups in total. The first-order valence-corrected chi connectivity index (χ1v) is 10.5. The highest BCUT2D eigenvalue weighted by molar-refractivity contribution is 7.10. The summed E-state index contributed by atoms with van der Waals surface area (Å²) in [6, 6.07) is 12.0. The molecular weight excluding hydrogens is 386 g/mol. The SMILES string of the molecule is Cc1nn(Cc2ccccc2)c(C)c1C(=O)OCC(=O)N1CCc2sccc2C1. The molecule has 0 saturated carbocycles. The molecule has 3 heterocycles. The van der Waals surface area contributed by atoms with Crippen LogP contribution < -0.4 is 0 Å². The van der Waals surface area contributed by atoms with Gasteiger partial charge < -0.3 is 9.64 Å². The van der Waals surface area contributed by atoms with Crippen LogP contribution in [0.2, 0.25) is 0 Å². The van der Waals surface area contributed by atoms with E-state index >= 15 is 0 Å². The van der Waals surface area contributed by atoms with Gasteiger partial charge >= 0.3 is 5.97 Å². The van der Waals surface area contributed by atoms with Crippen LogP contribution in [0.15, 0.2) is 41.8 Å². The standard InChI is InChI=1S/C22H23N3O3S/c1-15-21(16(2)25(23-15)12-17-6-4-3-5-7-17)22(27)28-14-20(26)24-10-8-19-18(13-24)9-11-29-19/h3-7,9,11H,8,10,12-14H2,1-2H3. The zero-order chi connectivity index (χ0) is 20.4. The van der Waals surface area contributed by atoms with Gasteiger partial charge in [0.25, 0.3) is 5.91 Å². The Kier molecular flexibility index (Phi) is 5.49. The lowest BCUT2D eigenvalue weighted by atomic mass is 10.1. The average Bonchev–Trinajstić information content (AvgIpc) is 3.30. The minimum atomic E-state index is -0.499. The first-order chi connectivity index (χ1) is 14.0. The first kappa shape index (κ1) is 19.4. The Morgan fingerprint density at radius 3 is 2.76 bits per heavy atom. The molecule has 2 aromatic heterocycles. The number of carbonyl (C=O) groups is 2. The molecule has 150 valence electrons.